The van der Waals surface area contributed by atoms with Crippen LogP contribution in [0.4, 0.5) is 0 Å². The van der Waals surface area contributed by atoms with Crippen LogP contribution in [0.1, 0.15) is 22.4 Å². The van der Waals surface area contributed by atoms with Crippen molar-refractivity contribution < 1.29 is 4.74 Å². The SMILES string of the molecule is CN=C(C(=CN)c1ccc2c(=O)[nH]nc(CN)c2c1)c1cc(Cl)c(OC)cc1C#N. The van der Waals surface area contributed by atoms with Crippen LogP contribution in [0.15, 0.2) is 46.3 Å². The molecule has 3 rings (SSSR count). The average Bonchev–Trinajstić information content (AvgIpc) is 2.77. The molecule has 0 aliphatic heterocycles. The highest BCUT2D eigenvalue weighted by Gasteiger charge is 2.19. The van der Waals surface area contributed by atoms with Gasteiger partial charge in [0.15, 0.2) is 0 Å². The number of benzene rings is 2. The summed E-state index contributed by atoms with van der Waals surface area (Å²) >= 11 is 6.29. The van der Waals surface area contributed by atoms with E-state index < -0.39 is 0 Å². The van der Waals surface area contributed by atoms with Gasteiger partial charge in [-0.15, -0.1) is 0 Å². The average molecular weight is 423 g/mol. The van der Waals surface area contributed by atoms with Gasteiger partial charge in [-0.3, -0.25) is 9.79 Å². The predicted octanol–water partition coefficient (Wildman–Crippen LogP) is 2.33. The number of hydrogen-bond acceptors (Lipinski definition) is 7. The first-order valence-electron chi connectivity index (χ1n) is 8.87. The Morgan fingerprint density at radius 2 is 2.13 bits per heavy atom. The van der Waals surface area contributed by atoms with Crippen LogP contribution < -0.4 is 21.8 Å². The topological polar surface area (TPSA) is 143 Å². The fraction of sp³-hybridized carbons (Fsp3) is 0.143. The molecule has 0 radical (unpaired) electrons. The van der Waals surface area contributed by atoms with Gasteiger partial charge >= 0.3 is 0 Å². The third-order valence-corrected chi connectivity index (χ3v) is 4.98. The number of aromatic nitrogens is 2. The Balaban J connectivity index is 2.22. The second kappa shape index (κ2) is 8.78. The van der Waals surface area contributed by atoms with E-state index >= 15 is 0 Å². The number of fused-ring (bicyclic) bond motifs is 1. The van der Waals surface area contributed by atoms with Gasteiger partial charge in [0.05, 0.1) is 40.6 Å². The molecule has 1 heterocycles. The Kier molecular flexibility index (Phi) is 6.16. The maximum atomic E-state index is 12.1. The number of rotatable bonds is 5. The molecule has 0 bridgehead atoms. The number of nitrogens with zero attached hydrogens (tertiary/aromatic N) is 3. The molecule has 0 fully saturated rings. The van der Waals surface area contributed by atoms with Crippen LogP contribution >= 0.6 is 11.6 Å². The van der Waals surface area contributed by atoms with Gasteiger partial charge < -0.3 is 16.2 Å². The molecule has 0 aliphatic rings. The number of aromatic amines is 1. The molecule has 3 aromatic rings. The van der Waals surface area contributed by atoms with Crippen molar-refractivity contribution in [3.8, 4) is 11.8 Å². The second-order valence-electron chi connectivity index (χ2n) is 6.26. The number of nitrogens with one attached hydrogen (secondary N) is 1. The van der Waals surface area contributed by atoms with Crippen LogP contribution in [0.25, 0.3) is 16.3 Å². The van der Waals surface area contributed by atoms with Gasteiger partial charge in [0.25, 0.3) is 5.56 Å². The number of aliphatic imine (C=N–C) groups is 1. The first-order valence-corrected chi connectivity index (χ1v) is 9.25. The minimum atomic E-state index is -0.315. The standard InChI is InChI=1S/C21H19ClN6O2/c1-26-20(14-7-17(22)19(30-2)6-12(14)8-23)16(9-24)11-3-4-13-15(5-11)18(10-25)27-28-21(13)29/h3-7,9H,10,24-25H2,1-2H3,(H,28,29). The molecule has 5 N–H and O–H groups in total. The Hall–Kier alpha value is -3.67. The zero-order chi connectivity index (χ0) is 21.8. The molecule has 0 atom stereocenters. The predicted molar refractivity (Wildman–Crippen MR) is 118 cm³/mol. The molecular weight excluding hydrogens is 404 g/mol. The van der Waals surface area contributed by atoms with Crippen molar-refractivity contribution in [3.05, 3.63) is 74.3 Å². The molecule has 30 heavy (non-hydrogen) atoms. The zero-order valence-electron chi connectivity index (χ0n) is 16.4. The maximum Gasteiger partial charge on any atom is 0.272 e. The maximum absolute atomic E-state index is 12.1. The fourth-order valence-electron chi connectivity index (χ4n) is 3.24. The second-order valence-corrected chi connectivity index (χ2v) is 6.67. The van der Waals surface area contributed by atoms with E-state index in [0.29, 0.717) is 55.2 Å². The van der Waals surface area contributed by atoms with Gasteiger partial charge in [-0.25, -0.2) is 5.10 Å². The third-order valence-electron chi connectivity index (χ3n) is 4.68. The van der Waals surface area contributed by atoms with Gasteiger partial charge in [0.1, 0.15) is 5.75 Å². The lowest BCUT2D eigenvalue weighted by molar-refractivity contribution is 0.415. The molecule has 0 saturated heterocycles. The summed E-state index contributed by atoms with van der Waals surface area (Å²) in [5.74, 6) is 0.384. The highest BCUT2D eigenvalue weighted by atomic mass is 35.5. The van der Waals surface area contributed by atoms with E-state index in [-0.39, 0.29) is 12.1 Å². The molecule has 0 amide bonds. The van der Waals surface area contributed by atoms with E-state index in [2.05, 4.69) is 21.3 Å². The number of nitriles is 1. The summed E-state index contributed by atoms with van der Waals surface area (Å²) in [6.07, 6.45) is 1.39. The molecular formula is C21H19ClN6O2. The van der Waals surface area contributed by atoms with E-state index in [4.69, 9.17) is 27.8 Å². The summed E-state index contributed by atoms with van der Waals surface area (Å²) in [5, 5.41) is 17.5. The van der Waals surface area contributed by atoms with E-state index in [1.807, 2.05) is 0 Å². The monoisotopic (exact) mass is 422 g/mol. The molecule has 0 aliphatic carbocycles. The minimum Gasteiger partial charge on any atom is -0.495 e. The summed E-state index contributed by atoms with van der Waals surface area (Å²) in [6.45, 7) is 0.153. The molecule has 0 spiro atoms. The van der Waals surface area contributed by atoms with E-state index in [1.165, 1.54) is 13.3 Å². The Morgan fingerprint density at radius 3 is 2.73 bits per heavy atom. The summed E-state index contributed by atoms with van der Waals surface area (Å²) in [6, 6.07) is 10.5. The molecule has 1 aromatic heterocycles. The van der Waals surface area contributed by atoms with E-state index in [1.54, 1.807) is 37.4 Å². The quantitative estimate of drug-likeness (QED) is 0.538. The summed E-state index contributed by atoms with van der Waals surface area (Å²) in [4.78, 5) is 16.5. The fourth-order valence-corrected chi connectivity index (χ4v) is 3.48. The first kappa shape index (κ1) is 21.0. The van der Waals surface area contributed by atoms with Gasteiger partial charge in [-0.2, -0.15) is 10.4 Å². The highest BCUT2D eigenvalue weighted by Crippen LogP contribution is 2.31. The lowest BCUT2D eigenvalue weighted by atomic mass is 9.92. The van der Waals surface area contributed by atoms with Crippen molar-refractivity contribution >= 4 is 33.7 Å². The zero-order valence-corrected chi connectivity index (χ0v) is 17.1. The van der Waals surface area contributed by atoms with Crippen LogP contribution in [0.3, 0.4) is 0 Å². The van der Waals surface area contributed by atoms with Crippen molar-refractivity contribution in [2.45, 2.75) is 6.54 Å². The Bertz CT molecular complexity index is 1290. The number of allylic oxidation sites excluding steroid dienone is 1. The molecule has 2 aromatic carbocycles. The van der Waals surface area contributed by atoms with Crippen molar-refractivity contribution in [2.24, 2.45) is 16.5 Å². The molecule has 0 saturated carbocycles. The first-order chi connectivity index (χ1) is 14.5. The number of hydrogen-bond donors (Lipinski definition) is 3. The number of halogens is 1. The highest BCUT2D eigenvalue weighted by molar-refractivity contribution is 6.36. The minimum absolute atomic E-state index is 0.153. The van der Waals surface area contributed by atoms with E-state index in [9.17, 15) is 10.1 Å². The van der Waals surface area contributed by atoms with Crippen LogP contribution in [0.5, 0.6) is 5.75 Å². The van der Waals surface area contributed by atoms with Crippen LogP contribution in [0, 0.1) is 11.3 Å². The lowest BCUT2D eigenvalue weighted by Crippen LogP contribution is -2.14. The normalized spacial score (nSPS) is 12.1. The van der Waals surface area contributed by atoms with Crippen LogP contribution in [0.2, 0.25) is 5.02 Å². The summed E-state index contributed by atoms with van der Waals surface area (Å²) in [7, 11) is 3.07. The number of ether oxygens (including phenoxy) is 1. The van der Waals surface area contributed by atoms with Crippen LogP contribution in [-0.4, -0.2) is 30.1 Å². The molecule has 9 heteroatoms. The lowest BCUT2D eigenvalue weighted by Gasteiger charge is -2.15. The van der Waals surface area contributed by atoms with Gasteiger partial charge in [0.2, 0.25) is 0 Å². The van der Waals surface area contributed by atoms with Crippen molar-refractivity contribution in [1.29, 1.82) is 5.26 Å². The number of H-pyrrole nitrogens is 1. The summed E-state index contributed by atoms with van der Waals surface area (Å²) < 4.78 is 5.20. The van der Waals surface area contributed by atoms with Crippen molar-refractivity contribution in [3.63, 3.8) is 0 Å². The molecule has 152 valence electrons. The van der Waals surface area contributed by atoms with Crippen LogP contribution in [-0.2, 0) is 6.54 Å². The third kappa shape index (κ3) is 3.64. The van der Waals surface area contributed by atoms with Gasteiger partial charge in [0, 0.05) is 42.4 Å². The number of nitrogens with two attached hydrogens (primary N) is 2. The number of methoxy groups -OCH3 is 1. The van der Waals surface area contributed by atoms with Crippen molar-refractivity contribution in [1.82, 2.24) is 10.2 Å². The Morgan fingerprint density at radius 1 is 1.37 bits per heavy atom. The van der Waals surface area contributed by atoms with Gasteiger partial charge in [-0.1, -0.05) is 17.7 Å². The largest absolute Gasteiger partial charge is 0.495 e. The molecule has 0 unspecified atom stereocenters. The van der Waals surface area contributed by atoms with Crippen molar-refractivity contribution in [2.75, 3.05) is 14.2 Å². The molecule has 8 nitrogen and oxygen atoms in total. The smallest absolute Gasteiger partial charge is 0.272 e. The Labute approximate surface area is 177 Å². The summed E-state index contributed by atoms with van der Waals surface area (Å²) in [5.41, 5.74) is 14.5. The van der Waals surface area contributed by atoms with E-state index in [0.717, 1.165) is 0 Å². The van der Waals surface area contributed by atoms with Gasteiger partial charge in [-0.05, 0) is 23.8 Å².